The summed E-state index contributed by atoms with van der Waals surface area (Å²) in [5, 5.41) is 3.10. The first-order valence-electron chi connectivity index (χ1n) is 8.80. The molecule has 2 unspecified atom stereocenters. The first-order valence-corrected chi connectivity index (χ1v) is 8.80. The molecule has 1 fully saturated rings. The molecule has 0 radical (unpaired) electrons. The molecule has 0 heterocycles. The summed E-state index contributed by atoms with van der Waals surface area (Å²) in [7, 11) is 1.59. The highest BCUT2D eigenvalue weighted by Crippen LogP contribution is 2.23. The first-order chi connectivity index (χ1) is 11.6. The molecule has 1 aromatic carbocycles. The zero-order chi connectivity index (χ0) is 17.4. The lowest BCUT2D eigenvalue weighted by molar-refractivity contribution is -0.122. The number of ether oxygens (including phenoxy) is 1. The van der Waals surface area contributed by atoms with E-state index in [2.05, 4.69) is 5.32 Å². The molecule has 132 valence electrons. The van der Waals surface area contributed by atoms with Crippen LogP contribution in [0.2, 0.25) is 0 Å². The third-order valence-corrected chi connectivity index (χ3v) is 4.78. The van der Waals surface area contributed by atoms with Crippen LogP contribution < -0.4 is 15.8 Å². The van der Waals surface area contributed by atoms with Gasteiger partial charge in [0, 0.05) is 24.4 Å². The second-order valence-electron chi connectivity index (χ2n) is 6.46. The molecule has 3 N–H and O–H groups in total. The van der Waals surface area contributed by atoms with Gasteiger partial charge < -0.3 is 15.8 Å². The Bertz CT molecular complexity index is 542. The van der Waals surface area contributed by atoms with Gasteiger partial charge in [0.2, 0.25) is 5.91 Å². The standard InChI is InChI=1S/C19H28N2O3/c1-24-16-11-9-14(10-12-16)18(22)7-4-8-19(23)21-17-6-3-2-5-15(17)13-20/h9-12,15,17H,2-8,13,20H2,1H3,(H,21,23). The van der Waals surface area contributed by atoms with Crippen molar-refractivity contribution in [1.29, 1.82) is 0 Å². The lowest BCUT2D eigenvalue weighted by Gasteiger charge is -2.31. The number of benzene rings is 1. The smallest absolute Gasteiger partial charge is 0.220 e. The first kappa shape index (κ1) is 18.5. The number of carbonyl (C=O) groups is 2. The topological polar surface area (TPSA) is 81.4 Å². The fraction of sp³-hybridized carbons (Fsp3) is 0.579. The molecular formula is C19H28N2O3. The van der Waals surface area contributed by atoms with E-state index in [1.165, 1.54) is 6.42 Å². The summed E-state index contributed by atoms with van der Waals surface area (Å²) >= 11 is 0. The van der Waals surface area contributed by atoms with Crippen LogP contribution in [0.25, 0.3) is 0 Å². The minimum atomic E-state index is 0.0304. The SMILES string of the molecule is COc1ccc(C(=O)CCCC(=O)NC2CCCCC2CN)cc1. The van der Waals surface area contributed by atoms with Crippen LogP contribution in [0.3, 0.4) is 0 Å². The van der Waals surface area contributed by atoms with Crippen molar-refractivity contribution in [2.75, 3.05) is 13.7 Å². The van der Waals surface area contributed by atoms with Crippen molar-refractivity contribution in [3.63, 3.8) is 0 Å². The van der Waals surface area contributed by atoms with Gasteiger partial charge in [-0.1, -0.05) is 12.8 Å². The van der Waals surface area contributed by atoms with Crippen LogP contribution in [-0.4, -0.2) is 31.4 Å². The molecule has 5 nitrogen and oxygen atoms in total. The molecule has 1 aliphatic rings. The molecule has 0 saturated heterocycles. The Balaban J connectivity index is 1.72. The van der Waals surface area contributed by atoms with Gasteiger partial charge in [-0.15, -0.1) is 0 Å². The molecule has 5 heteroatoms. The molecule has 0 aromatic heterocycles. The van der Waals surface area contributed by atoms with Gasteiger partial charge in [-0.25, -0.2) is 0 Å². The second-order valence-corrected chi connectivity index (χ2v) is 6.46. The van der Waals surface area contributed by atoms with Gasteiger partial charge in [0.15, 0.2) is 5.78 Å². The van der Waals surface area contributed by atoms with Gasteiger partial charge in [-0.05, 0) is 56.0 Å². The summed E-state index contributed by atoms with van der Waals surface area (Å²) in [6.45, 7) is 0.626. The van der Waals surface area contributed by atoms with Crippen molar-refractivity contribution in [2.45, 2.75) is 51.0 Å². The van der Waals surface area contributed by atoms with Crippen LogP contribution >= 0.6 is 0 Å². The van der Waals surface area contributed by atoms with Gasteiger partial charge in [-0.2, -0.15) is 0 Å². The lowest BCUT2D eigenvalue weighted by atomic mass is 9.84. The quantitative estimate of drug-likeness (QED) is 0.717. The van der Waals surface area contributed by atoms with E-state index in [1.807, 2.05) is 0 Å². The third-order valence-electron chi connectivity index (χ3n) is 4.78. The molecule has 1 aliphatic carbocycles. The van der Waals surface area contributed by atoms with Gasteiger partial charge in [0.1, 0.15) is 5.75 Å². The van der Waals surface area contributed by atoms with Crippen molar-refractivity contribution < 1.29 is 14.3 Å². The van der Waals surface area contributed by atoms with Crippen molar-refractivity contribution in [2.24, 2.45) is 11.7 Å². The summed E-state index contributed by atoms with van der Waals surface area (Å²) in [5.41, 5.74) is 6.45. The normalized spacial score (nSPS) is 20.4. The summed E-state index contributed by atoms with van der Waals surface area (Å²) in [4.78, 5) is 24.2. The van der Waals surface area contributed by atoms with E-state index < -0.39 is 0 Å². The number of amides is 1. The fourth-order valence-electron chi connectivity index (χ4n) is 3.29. The number of hydrogen-bond donors (Lipinski definition) is 2. The Hall–Kier alpha value is -1.88. The molecule has 2 rings (SSSR count). The van der Waals surface area contributed by atoms with Crippen LogP contribution in [0.5, 0.6) is 5.75 Å². The Morgan fingerprint density at radius 1 is 1.17 bits per heavy atom. The van der Waals surface area contributed by atoms with Crippen LogP contribution in [0.1, 0.15) is 55.3 Å². The number of hydrogen-bond acceptors (Lipinski definition) is 4. The number of nitrogens with one attached hydrogen (secondary N) is 1. The fourth-order valence-corrected chi connectivity index (χ4v) is 3.29. The molecule has 0 aliphatic heterocycles. The summed E-state index contributed by atoms with van der Waals surface area (Å²) in [5.74, 6) is 1.21. The number of nitrogens with two attached hydrogens (primary N) is 1. The summed E-state index contributed by atoms with van der Waals surface area (Å²) in [6, 6.07) is 7.27. The molecular weight excluding hydrogens is 304 g/mol. The predicted molar refractivity (Wildman–Crippen MR) is 94.1 cm³/mol. The molecule has 0 bridgehead atoms. The molecule has 1 saturated carbocycles. The predicted octanol–water partition coefficient (Wildman–Crippen LogP) is 2.68. The number of Topliss-reactive ketones (excluding diaryl/α,β-unsaturated/α-hetero) is 1. The van der Waals surface area contributed by atoms with Crippen molar-refractivity contribution in [3.05, 3.63) is 29.8 Å². The number of methoxy groups -OCH3 is 1. The van der Waals surface area contributed by atoms with Crippen molar-refractivity contribution in [3.8, 4) is 5.75 Å². The maximum Gasteiger partial charge on any atom is 0.220 e. The average molecular weight is 332 g/mol. The molecule has 1 aromatic rings. The molecule has 24 heavy (non-hydrogen) atoms. The van der Waals surface area contributed by atoms with Gasteiger partial charge in [0.05, 0.1) is 7.11 Å². The highest BCUT2D eigenvalue weighted by Gasteiger charge is 2.25. The van der Waals surface area contributed by atoms with E-state index in [9.17, 15) is 9.59 Å². The minimum absolute atomic E-state index is 0.0304. The van der Waals surface area contributed by atoms with E-state index in [1.54, 1.807) is 31.4 Å². The number of rotatable bonds is 8. The highest BCUT2D eigenvalue weighted by molar-refractivity contribution is 5.96. The van der Waals surface area contributed by atoms with E-state index in [0.717, 1.165) is 25.0 Å². The zero-order valence-electron chi connectivity index (χ0n) is 14.4. The number of carbonyl (C=O) groups excluding carboxylic acids is 2. The van der Waals surface area contributed by atoms with Crippen LogP contribution in [0.4, 0.5) is 0 Å². The average Bonchev–Trinajstić information content (AvgIpc) is 2.62. The Kier molecular flexibility index (Phi) is 7.25. The summed E-state index contributed by atoms with van der Waals surface area (Å²) < 4.78 is 5.08. The largest absolute Gasteiger partial charge is 0.497 e. The maximum atomic E-state index is 12.1. The van der Waals surface area contributed by atoms with E-state index in [4.69, 9.17) is 10.5 Å². The monoisotopic (exact) mass is 332 g/mol. The Morgan fingerprint density at radius 2 is 1.88 bits per heavy atom. The molecule has 2 atom stereocenters. The lowest BCUT2D eigenvalue weighted by Crippen LogP contribution is -2.44. The zero-order valence-corrected chi connectivity index (χ0v) is 14.4. The van der Waals surface area contributed by atoms with Crippen LogP contribution in [0.15, 0.2) is 24.3 Å². The summed E-state index contributed by atoms with van der Waals surface area (Å²) in [6.07, 6.45) is 5.79. The Morgan fingerprint density at radius 3 is 2.54 bits per heavy atom. The Labute approximate surface area is 143 Å². The molecule has 0 spiro atoms. The highest BCUT2D eigenvalue weighted by atomic mass is 16.5. The van der Waals surface area contributed by atoms with Crippen LogP contribution in [-0.2, 0) is 4.79 Å². The van der Waals surface area contributed by atoms with Gasteiger partial charge in [0.25, 0.3) is 0 Å². The minimum Gasteiger partial charge on any atom is -0.497 e. The van der Waals surface area contributed by atoms with E-state index >= 15 is 0 Å². The maximum absolute atomic E-state index is 12.1. The van der Waals surface area contributed by atoms with Gasteiger partial charge >= 0.3 is 0 Å². The van der Waals surface area contributed by atoms with Crippen LogP contribution in [0, 0.1) is 5.92 Å². The van der Waals surface area contributed by atoms with E-state index in [0.29, 0.717) is 37.3 Å². The van der Waals surface area contributed by atoms with Gasteiger partial charge in [-0.3, -0.25) is 9.59 Å². The third kappa shape index (κ3) is 5.34. The second kappa shape index (κ2) is 9.42. The number of ketones is 1. The molecule has 1 amide bonds. The van der Waals surface area contributed by atoms with Crippen molar-refractivity contribution in [1.82, 2.24) is 5.32 Å². The van der Waals surface area contributed by atoms with Crippen molar-refractivity contribution >= 4 is 11.7 Å². The van der Waals surface area contributed by atoms with E-state index in [-0.39, 0.29) is 17.7 Å².